The predicted molar refractivity (Wildman–Crippen MR) is 71.7 cm³/mol. The second-order valence-corrected chi connectivity index (χ2v) is 4.98. The van der Waals surface area contributed by atoms with Crippen molar-refractivity contribution in [2.45, 2.75) is 13.5 Å². The first-order valence-corrected chi connectivity index (χ1v) is 6.43. The maximum absolute atomic E-state index is 11.9. The van der Waals surface area contributed by atoms with Crippen LogP contribution in [0.25, 0.3) is 0 Å². The largest absolute Gasteiger partial charge is 0.384 e. The van der Waals surface area contributed by atoms with Crippen LogP contribution < -0.4 is 11.1 Å². The summed E-state index contributed by atoms with van der Waals surface area (Å²) in [5, 5.41) is 5.74. The van der Waals surface area contributed by atoms with Gasteiger partial charge in [0.25, 0.3) is 5.91 Å². The molecule has 0 unspecified atom stereocenters. The Kier molecular flexibility index (Phi) is 3.78. The molecule has 0 atom stereocenters. The highest BCUT2D eigenvalue weighted by molar-refractivity contribution is 7.09. The number of carbonyl (C=O) groups is 1. The Morgan fingerprint density at radius 1 is 1.50 bits per heavy atom. The maximum Gasteiger partial charge on any atom is 0.271 e. The number of thiazole rings is 1. The first kappa shape index (κ1) is 12.8. The minimum Gasteiger partial charge on any atom is -0.384 e. The van der Waals surface area contributed by atoms with Crippen LogP contribution in [-0.4, -0.2) is 15.9 Å². The van der Waals surface area contributed by atoms with Gasteiger partial charge in [0.1, 0.15) is 16.5 Å². The third kappa shape index (κ3) is 2.96. The summed E-state index contributed by atoms with van der Waals surface area (Å²) in [5.74, 6) is -0.102. The van der Waals surface area contributed by atoms with Gasteiger partial charge >= 0.3 is 0 Å². The van der Waals surface area contributed by atoms with Gasteiger partial charge in [-0.05, 0) is 19.1 Å². The molecule has 94 valence electrons. The second kappa shape index (κ2) is 5.32. The Balaban J connectivity index is 2.05. The van der Waals surface area contributed by atoms with Crippen LogP contribution in [0.1, 0.15) is 21.2 Å². The highest BCUT2D eigenvalue weighted by Crippen LogP contribution is 2.15. The van der Waals surface area contributed by atoms with Crippen LogP contribution in [0.15, 0.2) is 17.5 Å². The maximum atomic E-state index is 11.9. The van der Waals surface area contributed by atoms with Crippen molar-refractivity contribution in [1.29, 1.82) is 0 Å². The number of halogens is 1. The van der Waals surface area contributed by atoms with Crippen molar-refractivity contribution in [1.82, 2.24) is 15.3 Å². The molecule has 0 aliphatic heterocycles. The van der Waals surface area contributed by atoms with E-state index >= 15 is 0 Å². The summed E-state index contributed by atoms with van der Waals surface area (Å²) >= 11 is 7.38. The Labute approximate surface area is 113 Å². The Bertz CT molecular complexity index is 584. The van der Waals surface area contributed by atoms with Crippen molar-refractivity contribution >= 4 is 34.7 Å². The fourth-order valence-corrected chi connectivity index (χ4v) is 2.24. The molecule has 0 aliphatic carbocycles. The molecule has 3 N–H and O–H groups in total. The van der Waals surface area contributed by atoms with Crippen LogP contribution in [0.4, 0.5) is 5.82 Å². The molecule has 5 nitrogen and oxygen atoms in total. The molecule has 2 aromatic heterocycles. The van der Waals surface area contributed by atoms with Crippen molar-refractivity contribution in [2.24, 2.45) is 0 Å². The van der Waals surface area contributed by atoms with Gasteiger partial charge in [-0.3, -0.25) is 4.79 Å². The van der Waals surface area contributed by atoms with Gasteiger partial charge in [0.05, 0.1) is 11.6 Å². The van der Waals surface area contributed by atoms with Gasteiger partial charge in [-0.1, -0.05) is 11.6 Å². The molecule has 2 rings (SSSR count). The number of amides is 1. The van der Waals surface area contributed by atoms with Crippen molar-refractivity contribution in [3.63, 3.8) is 0 Å². The summed E-state index contributed by atoms with van der Waals surface area (Å²) in [6, 6.07) is 3.09. The zero-order valence-corrected chi connectivity index (χ0v) is 11.2. The molecule has 0 aliphatic rings. The summed E-state index contributed by atoms with van der Waals surface area (Å²) in [7, 11) is 0. The molecular formula is C11H11ClN4OS. The molecule has 0 fully saturated rings. The van der Waals surface area contributed by atoms with E-state index in [0.717, 1.165) is 10.7 Å². The fraction of sp³-hybridized carbons (Fsp3) is 0.182. The highest BCUT2D eigenvalue weighted by atomic mass is 35.5. The van der Waals surface area contributed by atoms with Crippen molar-refractivity contribution in [3.05, 3.63) is 38.9 Å². The number of aromatic nitrogens is 2. The van der Waals surface area contributed by atoms with Crippen molar-refractivity contribution in [3.8, 4) is 0 Å². The van der Waals surface area contributed by atoms with Crippen LogP contribution in [-0.2, 0) is 6.54 Å². The summed E-state index contributed by atoms with van der Waals surface area (Å²) in [4.78, 5) is 20.0. The molecule has 1 amide bonds. The summed E-state index contributed by atoms with van der Waals surface area (Å²) in [6.07, 6.45) is 0. The molecular weight excluding hydrogens is 272 g/mol. The van der Waals surface area contributed by atoms with Crippen molar-refractivity contribution < 1.29 is 4.79 Å². The number of nitrogens with one attached hydrogen (secondary N) is 1. The Morgan fingerprint density at radius 2 is 2.28 bits per heavy atom. The smallest absolute Gasteiger partial charge is 0.271 e. The monoisotopic (exact) mass is 282 g/mol. The van der Waals surface area contributed by atoms with Crippen LogP contribution in [0.2, 0.25) is 5.02 Å². The lowest BCUT2D eigenvalue weighted by atomic mass is 10.3. The standard InChI is InChI=1S/C11H11ClN4OS/c1-6-5-18-9(15-6)4-14-11(17)10-7(12)2-3-8(13)16-10/h2-3,5H,4H2,1H3,(H2,13,16)(H,14,17). The minimum absolute atomic E-state index is 0.130. The number of nitrogen functional groups attached to an aromatic ring is 1. The van der Waals surface area contributed by atoms with Gasteiger partial charge in [0.2, 0.25) is 0 Å². The zero-order chi connectivity index (χ0) is 13.1. The van der Waals surface area contributed by atoms with Crippen molar-refractivity contribution in [2.75, 3.05) is 5.73 Å². The Morgan fingerprint density at radius 3 is 2.94 bits per heavy atom. The summed E-state index contributed by atoms with van der Waals surface area (Å²) < 4.78 is 0. The topological polar surface area (TPSA) is 80.9 Å². The van der Waals surface area contributed by atoms with E-state index in [-0.39, 0.29) is 22.4 Å². The van der Waals surface area contributed by atoms with E-state index in [0.29, 0.717) is 6.54 Å². The van der Waals surface area contributed by atoms with Gasteiger partial charge in [0, 0.05) is 11.1 Å². The van der Waals surface area contributed by atoms with E-state index in [2.05, 4.69) is 15.3 Å². The molecule has 0 saturated heterocycles. The first-order valence-electron chi connectivity index (χ1n) is 5.17. The van der Waals surface area contributed by atoms with Gasteiger partial charge < -0.3 is 11.1 Å². The number of hydrogen-bond acceptors (Lipinski definition) is 5. The highest BCUT2D eigenvalue weighted by Gasteiger charge is 2.12. The quantitative estimate of drug-likeness (QED) is 0.902. The number of nitrogens with zero attached hydrogens (tertiary/aromatic N) is 2. The number of pyridine rings is 1. The van der Waals surface area contributed by atoms with E-state index in [1.807, 2.05) is 12.3 Å². The fourth-order valence-electron chi connectivity index (χ4n) is 1.34. The van der Waals surface area contributed by atoms with Crippen LogP contribution in [0.5, 0.6) is 0 Å². The van der Waals surface area contributed by atoms with Gasteiger partial charge in [-0.15, -0.1) is 11.3 Å². The lowest BCUT2D eigenvalue weighted by Gasteiger charge is -2.05. The molecule has 2 aromatic rings. The molecule has 0 spiro atoms. The third-order valence-electron chi connectivity index (χ3n) is 2.15. The average Bonchev–Trinajstić information content (AvgIpc) is 2.75. The lowest BCUT2D eigenvalue weighted by Crippen LogP contribution is -2.24. The number of aryl methyl sites for hydroxylation is 1. The first-order chi connectivity index (χ1) is 8.56. The number of carbonyl (C=O) groups excluding carboxylic acids is 1. The number of hydrogen-bond donors (Lipinski definition) is 2. The van der Waals surface area contributed by atoms with Gasteiger partial charge in [-0.25, -0.2) is 9.97 Å². The van der Waals surface area contributed by atoms with Gasteiger partial charge in [-0.2, -0.15) is 0 Å². The van der Waals surface area contributed by atoms with Crippen LogP contribution in [0, 0.1) is 6.92 Å². The Hall–Kier alpha value is -1.66. The predicted octanol–water partition coefficient (Wildman–Crippen LogP) is 2.01. The summed E-state index contributed by atoms with van der Waals surface area (Å²) in [6.45, 7) is 2.25. The molecule has 2 heterocycles. The SMILES string of the molecule is Cc1csc(CNC(=O)c2nc(N)ccc2Cl)n1. The number of nitrogens with two attached hydrogens (primary N) is 1. The molecule has 0 bridgehead atoms. The number of anilines is 1. The minimum atomic E-state index is -0.361. The van der Waals surface area contributed by atoms with E-state index < -0.39 is 0 Å². The van der Waals surface area contributed by atoms with E-state index in [4.69, 9.17) is 17.3 Å². The van der Waals surface area contributed by atoms with E-state index in [1.54, 1.807) is 12.1 Å². The molecule has 18 heavy (non-hydrogen) atoms. The second-order valence-electron chi connectivity index (χ2n) is 3.63. The van der Waals surface area contributed by atoms with E-state index in [1.165, 1.54) is 11.3 Å². The van der Waals surface area contributed by atoms with Crippen LogP contribution >= 0.6 is 22.9 Å². The normalized spacial score (nSPS) is 10.3. The summed E-state index contributed by atoms with van der Waals surface area (Å²) in [5.41, 5.74) is 6.58. The average molecular weight is 283 g/mol. The third-order valence-corrected chi connectivity index (χ3v) is 3.42. The molecule has 7 heteroatoms. The lowest BCUT2D eigenvalue weighted by molar-refractivity contribution is 0.0946. The zero-order valence-electron chi connectivity index (χ0n) is 9.61. The molecule has 0 aromatic carbocycles. The molecule has 0 radical (unpaired) electrons. The number of rotatable bonds is 3. The van der Waals surface area contributed by atoms with E-state index in [9.17, 15) is 4.79 Å². The van der Waals surface area contributed by atoms with Gasteiger partial charge in [0.15, 0.2) is 0 Å². The van der Waals surface area contributed by atoms with Crippen LogP contribution in [0.3, 0.4) is 0 Å². The molecule has 0 saturated carbocycles.